The van der Waals surface area contributed by atoms with Gasteiger partial charge in [0.25, 0.3) is 0 Å². The predicted molar refractivity (Wildman–Crippen MR) is 102 cm³/mol. The first kappa shape index (κ1) is 20.2. The maximum atomic E-state index is 12.3. The van der Waals surface area contributed by atoms with E-state index in [0.29, 0.717) is 12.5 Å². The van der Waals surface area contributed by atoms with Crippen molar-refractivity contribution in [1.29, 1.82) is 0 Å². The highest BCUT2D eigenvalue weighted by atomic mass is 16.6. The lowest BCUT2D eigenvalue weighted by Gasteiger charge is -2.40. The average Bonchev–Trinajstić information content (AvgIpc) is 2.80. The third-order valence-electron chi connectivity index (χ3n) is 6.44. The number of carbonyl (C=O) groups is 1. The van der Waals surface area contributed by atoms with E-state index < -0.39 is 0 Å². The fourth-order valence-electron chi connectivity index (χ4n) is 4.55. The number of hydrogen-bond acceptors (Lipinski definition) is 3. The molecule has 2 rings (SSSR count). The van der Waals surface area contributed by atoms with Gasteiger partial charge >= 0.3 is 5.97 Å². The molecular formula is C22H36O3. The van der Waals surface area contributed by atoms with Gasteiger partial charge in [-0.3, -0.25) is 0 Å². The second-order valence-electron chi connectivity index (χ2n) is 9.75. The molecule has 0 unspecified atom stereocenters. The number of ether oxygens (including phenoxy) is 2. The minimum absolute atomic E-state index is 0.0222. The highest BCUT2D eigenvalue weighted by Crippen LogP contribution is 2.67. The topological polar surface area (TPSA) is 35.5 Å². The molecule has 0 amide bonds. The van der Waals surface area contributed by atoms with Crippen LogP contribution in [0.5, 0.6) is 0 Å². The maximum Gasteiger partial charge on any atom is 0.330 e. The minimum atomic E-state index is -0.245. The Morgan fingerprint density at radius 3 is 2.52 bits per heavy atom. The van der Waals surface area contributed by atoms with Crippen molar-refractivity contribution in [3.8, 4) is 0 Å². The van der Waals surface area contributed by atoms with Crippen LogP contribution >= 0.6 is 0 Å². The van der Waals surface area contributed by atoms with Gasteiger partial charge in [-0.15, -0.1) is 6.58 Å². The monoisotopic (exact) mass is 348 g/mol. The highest BCUT2D eigenvalue weighted by molar-refractivity contribution is 5.82. The highest BCUT2D eigenvalue weighted by Gasteiger charge is 2.68. The summed E-state index contributed by atoms with van der Waals surface area (Å²) in [5, 5.41) is 0. The van der Waals surface area contributed by atoms with Crippen LogP contribution in [-0.4, -0.2) is 24.8 Å². The molecule has 2 saturated carbocycles. The van der Waals surface area contributed by atoms with Crippen molar-refractivity contribution >= 4 is 5.97 Å². The number of allylic oxidation sites excluding steroid dienone is 2. The van der Waals surface area contributed by atoms with E-state index in [9.17, 15) is 4.79 Å². The van der Waals surface area contributed by atoms with Crippen LogP contribution in [0.3, 0.4) is 0 Å². The molecule has 2 aliphatic carbocycles. The molecule has 3 heteroatoms. The van der Waals surface area contributed by atoms with Gasteiger partial charge in [0.05, 0.1) is 6.61 Å². The first-order valence-corrected chi connectivity index (χ1v) is 9.62. The van der Waals surface area contributed by atoms with Crippen LogP contribution in [0.4, 0.5) is 0 Å². The van der Waals surface area contributed by atoms with Gasteiger partial charge in [-0.05, 0) is 36.5 Å². The molecule has 0 aromatic carbocycles. The summed E-state index contributed by atoms with van der Waals surface area (Å²) in [5.41, 5.74) is 0.273. The van der Waals surface area contributed by atoms with Crippen molar-refractivity contribution < 1.29 is 14.3 Å². The molecule has 2 bridgehead atoms. The Bertz CT molecular complexity index is 526. The van der Waals surface area contributed by atoms with Gasteiger partial charge in [0.2, 0.25) is 0 Å². The van der Waals surface area contributed by atoms with E-state index in [2.05, 4.69) is 48.1 Å². The average molecular weight is 349 g/mol. The Kier molecular flexibility index (Phi) is 5.88. The SMILES string of the molecule is C=CCC/C=C/C(=O)O[C@@H]1[C@H]2CC[C@@](C)([C@@H]1OCC(C)(C)C)C2(C)C. The van der Waals surface area contributed by atoms with Gasteiger partial charge in [-0.2, -0.15) is 0 Å². The largest absolute Gasteiger partial charge is 0.456 e. The third kappa shape index (κ3) is 4.02. The quantitative estimate of drug-likeness (QED) is 0.271. The summed E-state index contributed by atoms with van der Waals surface area (Å²) in [5.74, 6) is 0.123. The number of hydrogen-bond donors (Lipinski definition) is 0. The van der Waals surface area contributed by atoms with Crippen molar-refractivity contribution in [3.05, 3.63) is 24.8 Å². The maximum absolute atomic E-state index is 12.3. The lowest BCUT2D eigenvalue weighted by molar-refractivity contribution is -0.163. The van der Waals surface area contributed by atoms with E-state index >= 15 is 0 Å². The molecule has 0 aliphatic heterocycles. The van der Waals surface area contributed by atoms with Gasteiger partial charge < -0.3 is 9.47 Å². The van der Waals surface area contributed by atoms with Gasteiger partial charge in [0, 0.05) is 17.4 Å². The van der Waals surface area contributed by atoms with Gasteiger partial charge in [0.1, 0.15) is 12.2 Å². The van der Waals surface area contributed by atoms with Crippen LogP contribution in [0, 0.1) is 22.2 Å². The lowest BCUT2D eigenvalue weighted by Crippen LogP contribution is -2.44. The van der Waals surface area contributed by atoms with E-state index in [1.165, 1.54) is 0 Å². The number of esters is 1. The number of carbonyl (C=O) groups excluding carboxylic acids is 1. The molecule has 2 aliphatic rings. The van der Waals surface area contributed by atoms with E-state index in [-0.39, 0.29) is 34.4 Å². The van der Waals surface area contributed by atoms with Crippen molar-refractivity contribution in [2.45, 2.75) is 79.4 Å². The molecule has 0 saturated heterocycles. The first-order chi connectivity index (χ1) is 11.5. The zero-order valence-corrected chi connectivity index (χ0v) is 16.9. The number of fused-ring (bicyclic) bond motifs is 2. The molecule has 0 aromatic heterocycles. The van der Waals surface area contributed by atoms with Gasteiger partial charge in [-0.25, -0.2) is 4.79 Å². The van der Waals surface area contributed by atoms with E-state index in [0.717, 1.165) is 25.7 Å². The van der Waals surface area contributed by atoms with Crippen molar-refractivity contribution in [1.82, 2.24) is 0 Å². The summed E-state index contributed by atoms with van der Waals surface area (Å²) < 4.78 is 12.3. The molecule has 0 heterocycles. The van der Waals surface area contributed by atoms with Crippen LogP contribution in [-0.2, 0) is 14.3 Å². The second-order valence-corrected chi connectivity index (χ2v) is 9.75. The van der Waals surface area contributed by atoms with Crippen LogP contribution < -0.4 is 0 Å². The molecule has 142 valence electrons. The minimum Gasteiger partial charge on any atom is -0.456 e. The summed E-state index contributed by atoms with van der Waals surface area (Å²) in [4.78, 5) is 12.3. The first-order valence-electron chi connectivity index (χ1n) is 9.62. The standard InChI is InChI=1S/C22H36O3/c1-8-9-10-11-12-17(23)25-18-16-13-14-22(7,21(16,5)6)19(18)24-15-20(2,3)4/h8,11-12,16,18-19H,1,9-10,13-15H2,2-7H3/b12-11+/t16-,18-,19-,22+/m1/s1. The zero-order valence-electron chi connectivity index (χ0n) is 16.9. The van der Waals surface area contributed by atoms with Gasteiger partial charge in [-0.1, -0.05) is 53.7 Å². The van der Waals surface area contributed by atoms with Crippen molar-refractivity contribution in [2.24, 2.45) is 22.2 Å². The Hall–Kier alpha value is -1.09. The summed E-state index contributed by atoms with van der Waals surface area (Å²) in [6, 6.07) is 0. The lowest BCUT2D eigenvalue weighted by atomic mass is 9.70. The number of rotatable bonds is 7. The molecule has 0 radical (unpaired) electrons. The summed E-state index contributed by atoms with van der Waals surface area (Å²) in [6.45, 7) is 17.8. The van der Waals surface area contributed by atoms with Crippen LogP contribution in [0.1, 0.15) is 67.2 Å². The van der Waals surface area contributed by atoms with Crippen molar-refractivity contribution in [2.75, 3.05) is 6.61 Å². The van der Waals surface area contributed by atoms with E-state index in [1.807, 2.05) is 12.2 Å². The molecule has 3 nitrogen and oxygen atoms in total. The molecule has 4 atom stereocenters. The van der Waals surface area contributed by atoms with Crippen LogP contribution in [0.2, 0.25) is 0 Å². The third-order valence-corrected chi connectivity index (χ3v) is 6.44. The Morgan fingerprint density at radius 2 is 1.92 bits per heavy atom. The van der Waals surface area contributed by atoms with Crippen molar-refractivity contribution in [3.63, 3.8) is 0 Å². The van der Waals surface area contributed by atoms with E-state index in [4.69, 9.17) is 9.47 Å². The smallest absolute Gasteiger partial charge is 0.330 e. The predicted octanol–water partition coefficient (Wildman–Crippen LogP) is 5.31. The Labute approximate surface area is 153 Å². The Balaban J connectivity index is 2.12. The van der Waals surface area contributed by atoms with Crippen LogP contribution in [0.15, 0.2) is 24.8 Å². The molecule has 0 N–H and O–H groups in total. The summed E-state index contributed by atoms with van der Waals surface area (Å²) in [6.07, 6.45) is 9.06. The second kappa shape index (κ2) is 7.26. The molecule has 25 heavy (non-hydrogen) atoms. The van der Waals surface area contributed by atoms with Crippen LogP contribution in [0.25, 0.3) is 0 Å². The van der Waals surface area contributed by atoms with E-state index in [1.54, 1.807) is 6.08 Å². The summed E-state index contributed by atoms with van der Waals surface area (Å²) >= 11 is 0. The van der Waals surface area contributed by atoms with Gasteiger partial charge in [0.15, 0.2) is 0 Å². The normalized spacial score (nSPS) is 33.8. The molecule has 2 fully saturated rings. The zero-order chi connectivity index (χ0) is 18.9. The summed E-state index contributed by atoms with van der Waals surface area (Å²) in [7, 11) is 0. The number of unbranched alkanes of at least 4 members (excludes halogenated alkanes) is 1. The fourth-order valence-corrected chi connectivity index (χ4v) is 4.55. The Morgan fingerprint density at radius 1 is 1.24 bits per heavy atom. The molecular weight excluding hydrogens is 312 g/mol. The molecule has 0 aromatic rings. The molecule has 0 spiro atoms. The fraction of sp³-hybridized carbons (Fsp3) is 0.773.